The van der Waals surface area contributed by atoms with Crippen LogP contribution in [0, 0.1) is 12.8 Å². The fourth-order valence-electron chi connectivity index (χ4n) is 3.12. The first kappa shape index (κ1) is 20.5. The molecule has 1 aliphatic rings. The molecule has 3 rings (SSSR count). The Morgan fingerprint density at radius 3 is 2.57 bits per heavy atom. The number of carbonyl (C=O) groups is 2. The number of hydrogen-bond acceptors (Lipinski definition) is 4. The largest absolute Gasteiger partial charge is 0.495 e. The molecule has 2 aromatic carbocycles. The van der Waals surface area contributed by atoms with E-state index in [1.165, 1.54) is 14.2 Å². The van der Waals surface area contributed by atoms with Gasteiger partial charge in [-0.3, -0.25) is 9.59 Å². The van der Waals surface area contributed by atoms with Gasteiger partial charge in [-0.15, -0.1) is 0 Å². The van der Waals surface area contributed by atoms with E-state index in [2.05, 4.69) is 21.2 Å². The molecule has 1 aliphatic heterocycles. The molecule has 0 bridgehead atoms. The summed E-state index contributed by atoms with van der Waals surface area (Å²) in [6.45, 7) is 2.27. The van der Waals surface area contributed by atoms with Crippen LogP contribution in [0.15, 0.2) is 34.8 Å². The Hall–Kier alpha value is -2.25. The first-order valence-corrected chi connectivity index (χ1v) is 9.80. The number of hydrogen-bond donors (Lipinski definition) is 1. The number of halogens is 2. The SMILES string of the molecule is COc1cc(OC)c(NC(=O)C2CC(=O)N(c3ccc(Br)c(C)c3)C2)cc1Cl. The number of methoxy groups -OCH3 is 2. The van der Waals surface area contributed by atoms with E-state index in [1.54, 1.807) is 17.0 Å². The Morgan fingerprint density at radius 1 is 1.21 bits per heavy atom. The molecular formula is C20H20BrClN2O4. The molecule has 1 unspecified atom stereocenters. The fraction of sp³-hybridized carbons (Fsp3) is 0.300. The summed E-state index contributed by atoms with van der Waals surface area (Å²) >= 11 is 9.61. The van der Waals surface area contributed by atoms with Crippen LogP contribution >= 0.6 is 27.5 Å². The Kier molecular flexibility index (Phi) is 6.15. The van der Waals surface area contributed by atoms with Crippen molar-refractivity contribution in [2.24, 2.45) is 5.92 Å². The van der Waals surface area contributed by atoms with E-state index in [0.717, 1.165) is 15.7 Å². The highest BCUT2D eigenvalue weighted by Crippen LogP contribution is 2.36. The zero-order valence-corrected chi connectivity index (χ0v) is 18.1. The molecule has 28 heavy (non-hydrogen) atoms. The van der Waals surface area contributed by atoms with Gasteiger partial charge in [-0.2, -0.15) is 0 Å². The van der Waals surface area contributed by atoms with Crippen LogP contribution < -0.4 is 19.7 Å². The van der Waals surface area contributed by atoms with Crippen LogP contribution in [0.3, 0.4) is 0 Å². The second-order valence-electron chi connectivity index (χ2n) is 6.52. The molecule has 1 fully saturated rings. The van der Waals surface area contributed by atoms with Crippen LogP contribution in [-0.4, -0.2) is 32.6 Å². The van der Waals surface area contributed by atoms with Crippen LogP contribution in [0.4, 0.5) is 11.4 Å². The third-order valence-electron chi connectivity index (χ3n) is 4.68. The zero-order valence-electron chi connectivity index (χ0n) is 15.7. The quantitative estimate of drug-likeness (QED) is 0.707. The van der Waals surface area contributed by atoms with E-state index in [-0.39, 0.29) is 18.2 Å². The molecule has 8 heteroatoms. The van der Waals surface area contributed by atoms with Crippen molar-refractivity contribution in [1.82, 2.24) is 0 Å². The van der Waals surface area contributed by atoms with Gasteiger partial charge in [0.1, 0.15) is 11.5 Å². The normalized spacial score (nSPS) is 16.2. The summed E-state index contributed by atoms with van der Waals surface area (Å²) in [5.74, 6) is 0.0662. The lowest BCUT2D eigenvalue weighted by molar-refractivity contribution is -0.122. The second kappa shape index (κ2) is 8.41. The summed E-state index contributed by atoms with van der Waals surface area (Å²) in [5, 5.41) is 3.17. The molecule has 2 aromatic rings. The van der Waals surface area contributed by atoms with Crippen molar-refractivity contribution in [2.75, 3.05) is 31.0 Å². The predicted molar refractivity (Wildman–Crippen MR) is 113 cm³/mol. The van der Waals surface area contributed by atoms with Crippen molar-refractivity contribution in [3.8, 4) is 11.5 Å². The van der Waals surface area contributed by atoms with Crippen molar-refractivity contribution < 1.29 is 19.1 Å². The molecule has 1 saturated heterocycles. The Morgan fingerprint density at radius 2 is 1.93 bits per heavy atom. The zero-order chi connectivity index (χ0) is 20.4. The number of nitrogens with one attached hydrogen (secondary N) is 1. The van der Waals surface area contributed by atoms with Gasteiger partial charge in [-0.1, -0.05) is 27.5 Å². The minimum absolute atomic E-state index is 0.0819. The van der Waals surface area contributed by atoms with Gasteiger partial charge in [0.15, 0.2) is 0 Å². The van der Waals surface area contributed by atoms with Crippen molar-refractivity contribution in [3.63, 3.8) is 0 Å². The van der Waals surface area contributed by atoms with Crippen molar-refractivity contribution >= 4 is 50.7 Å². The highest BCUT2D eigenvalue weighted by Gasteiger charge is 2.35. The molecule has 148 valence electrons. The van der Waals surface area contributed by atoms with Crippen LogP contribution in [0.25, 0.3) is 0 Å². The standard InChI is InChI=1S/C20H20BrClN2O4/c1-11-6-13(4-5-14(11)21)24-10-12(7-19(24)25)20(26)23-16-8-15(22)17(27-2)9-18(16)28-3/h4-6,8-9,12H,7,10H2,1-3H3,(H,23,26). The predicted octanol–water partition coefficient (Wildman–Crippen LogP) is 4.42. The van der Waals surface area contributed by atoms with Crippen LogP contribution in [0.2, 0.25) is 5.02 Å². The van der Waals surface area contributed by atoms with Crippen LogP contribution in [0.5, 0.6) is 11.5 Å². The maximum atomic E-state index is 12.8. The molecule has 6 nitrogen and oxygen atoms in total. The number of benzene rings is 2. The molecule has 1 heterocycles. The lowest BCUT2D eigenvalue weighted by atomic mass is 10.1. The highest BCUT2D eigenvalue weighted by atomic mass is 79.9. The summed E-state index contributed by atoms with van der Waals surface area (Å²) < 4.78 is 11.4. The first-order chi connectivity index (χ1) is 13.3. The second-order valence-corrected chi connectivity index (χ2v) is 7.78. The summed E-state index contributed by atoms with van der Waals surface area (Å²) in [7, 11) is 3.00. The van der Waals surface area contributed by atoms with E-state index in [4.69, 9.17) is 21.1 Å². The van der Waals surface area contributed by atoms with Crippen molar-refractivity contribution in [3.05, 3.63) is 45.4 Å². The number of aryl methyl sites for hydroxylation is 1. The fourth-order valence-corrected chi connectivity index (χ4v) is 3.61. The van der Waals surface area contributed by atoms with Crippen LogP contribution in [-0.2, 0) is 9.59 Å². The number of ether oxygens (including phenoxy) is 2. The number of anilines is 2. The van der Waals surface area contributed by atoms with Crippen molar-refractivity contribution in [1.29, 1.82) is 0 Å². The average Bonchev–Trinajstić information content (AvgIpc) is 3.06. The van der Waals surface area contributed by atoms with Gasteiger partial charge in [0.25, 0.3) is 0 Å². The minimum Gasteiger partial charge on any atom is -0.495 e. The van der Waals surface area contributed by atoms with E-state index in [1.807, 2.05) is 25.1 Å². The Bertz CT molecular complexity index is 935. The third kappa shape index (κ3) is 4.10. The Labute approximate surface area is 176 Å². The summed E-state index contributed by atoms with van der Waals surface area (Å²) in [5.41, 5.74) is 2.24. The molecule has 2 amide bonds. The smallest absolute Gasteiger partial charge is 0.229 e. The number of carbonyl (C=O) groups excluding carboxylic acids is 2. The van der Waals surface area contributed by atoms with Gasteiger partial charge in [-0.05, 0) is 36.8 Å². The number of nitrogens with zero attached hydrogens (tertiary/aromatic N) is 1. The van der Waals surface area contributed by atoms with Gasteiger partial charge in [0.2, 0.25) is 11.8 Å². The third-order valence-corrected chi connectivity index (χ3v) is 5.87. The lowest BCUT2D eigenvalue weighted by Crippen LogP contribution is -2.28. The maximum absolute atomic E-state index is 12.8. The molecule has 0 aliphatic carbocycles. The highest BCUT2D eigenvalue weighted by molar-refractivity contribution is 9.10. The topological polar surface area (TPSA) is 67.9 Å². The van der Waals surface area contributed by atoms with E-state index in [0.29, 0.717) is 28.8 Å². The monoisotopic (exact) mass is 466 g/mol. The van der Waals surface area contributed by atoms with Crippen molar-refractivity contribution in [2.45, 2.75) is 13.3 Å². The van der Waals surface area contributed by atoms with E-state index in [9.17, 15) is 9.59 Å². The number of rotatable bonds is 5. The van der Waals surface area contributed by atoms with Gasteiger partial charge < -0.3 is 19.7 Å². The molecule has 0 saturated carbocycles. The molecular weight excluding hydrogens is 448 g/mol. The molecule has 0 radical (unpaired) electrons. The lowest BCUT2D eigenvalue weighted by Gasteiger charge is -2.18. The molecule has 1 N–H and O–H groups in total. The average molecular weight is 468 g/mol. The first-order valence-electron chi connectivity index (χ1n) is 8.63. The van der Waals surface area contributed by atoms with Gasteiger partial charge in [0.05, 0.1) is 30.8 Å². The minimum atomic E-state index is -0.470. The summed E-state index contributed by atoms with van der Waals surface area (Å²) in [4.78, 5) is 26.9. The maximum Gasteiger partial charge on any atom is 0.229 e. The molecule has 0 aromatic heterocycles. The molecule has 1 atom stereocenters. The Balaban J connectivity index is 1.76. The summed E-state index contributed by atoms with van der Waals surface area (Å²) in [6, 6.07) is 8.87. The molecule has 0 spiro atoms. The van der Waals surface area contributed by atoms with Gasteiger partial charge in [0, 0.05) is 29.2 Å². The van der Waals surface area contributed by atoms with Crippen LogP contribution in [0.1, 0.15) is 12.0 Å². The van der Waals surface area contributed by atoms with Gasteiger partial charge >= 0.3 is 0 Å². The summed E-state index contributed by atoms with van der Waals surface area (Å²) in [6.07, 6.45) is 0.146. The van der Waals surface area contributed by atoms with E-state index >= 15 is 0 Å². The number of amides is 2. The van der Waals surface area contributed by atoms with Gasteiger partial charge in [-0.25, -0.2) is 0 Å². The van der Waals surface area contributed by atoms with E-state index < -0.39 is 5.92 Å².